The van der Waals surface area contributed by atoms with Crippen LogP contribution >= 0.6 is 11.3 Å². The second kappa shape index (κ2) is 4.42. The molecular weight excluding hydrogens is 260 g/mol. The minimum Gasteiger partial charge on any atom is -0.370 e. The Hall–Kier alpha value is -1.20. The molecule has 0 aromatic carbocycles. The van der Waals surface area contributed by atoms with Crippen molar-refractivity contribution < 1.29 is 4.74 Å². The molecule has 0 radical (unpaired) electrons. The number of nitrogens with zero attached hydrogens (tertiary/aromatic N) is 2. The maximum absolute atomic E-state index is 12.4. The highest BCUT2D eigenvalue weighted by Gasteiger charge is 2.31. The van der Waals surface area contributed by atoms with Gasteiger partial charge in [-0.15, -0.1) is 11.3 Å². The van der Waals surface area contributed by atoms with Gasteiger partial charge in [-0.2, -0.15) is 0 Å². The third kappa shape index (κ3) is 2.32. The Morgan fingerprint density at radius 1 is 1.58 bits per heavy atom. The lowest BCUT2D eigenvalue weighted by molar-refractivity contribution is -0.0220. The van der Waals surface area contributed by atoms with Crippen molar-refractivity contribution in [2.75, 3.05) is 0 Å². The largest absolute Gasteiger partial charge is 0.370 e. The number of fused-ring (bicyclic) bond motifs is 1. The number of hydrogen-bond donors (Lipinski definition) is 0. The molecular formula is C14H18N2O2S. The van der Waals surface area contributed by atoms with E-state index >= 15 is 0 Å². The SMILES string of the molecule is Cc1csc2c(=O)n(CC3CCC(C)(C)O3)cnc12. The summed E-state index contributed by atoms with van der Waals surface area (Å²) in [6.07, 6.45) is 3.81. The lowest BCUT2D eigenvalue weighted by Gasteiger charge is -2.19. The van der Waals surface area contributed by atoms with E-state index < -0.39 is 0 Å². The Bertz CT molecular complexity index is 672. The molecule has 2 aromatic heterocycles. The van der Waals surface area contributed by atoms with E-state index in [9.17, 15) is 4.79 Å². The zero-order valence-corrected chi connectivity index (χ0v) is 12.3. The van der Waals surface area contributed by atoms with E-state index in [1.54, 1.807) is 10.9 Å². The molecule has 0 saturated carbocycles. The third-order valence-electron chi connectivity index (χ3n) is 3.68. The highest BCUT2D eigenvalue weighted by molar-refractivity contribution is 7.17. The molecule has 3 rings (SSSR count). The zero-order valence-electron chi connectivity index (χ0n) is 11.5. The highest BCUT2D eigenvalue weighted by atomic mass is 32.1. The van der Waals surface area contributed by atoms with Crippen LogP contribution in [-0.2, 0) is 11.3 Å². The van der Waals surface area contributed by atoms with Gasteiger partial charge in [0.2, 0.25) is 0 Å². The molecule has 1 saturated heterocycles. The van der Waals surface area contributed by atoms with Gasteiger partial charge < -0.3 is 4.74 Å². The van der Waals surface area contributed by atoms with Crippen LogP contribution in [0.3, 0.4) is 0 Å². The number of ether oxygens (including phenoxy) is 1. The van der Waals surface area contributed by atoms with Crippen molar-refractivity contribution in [3.8, 4) is 0 Å². The monoisotopic (exact) mass is 278 g/mol. The lowest BCUT2D eigenvalue weighted by Crippen LogP contribution is -2.28. The van der Waals surface area contributed by atoms with E-state index in [4.69, 9.17) is 4.74 Å². The maximum atomic E-state index is 12.4. The summed E-state index contributed by atoms with van der Waals surface area (Å²) < 4.78 is 8.37. The number of rotatable bonds is 2. The van der Waals surface area contributed by atoms with Crippen LogP contribution in [0.25, 0.3) is 10.2 Å². The molecule has 0 amide bonds. The molecule has 1 aliphatic rings. The summed E-state index contributed by atoms with van der Waals surface area (Å²) in [5.74, 6) is 0. The van der Waals surface area contributed by atoms with Crippen LogP contribution in [0.4, 0.5) is 0 Å². The summed E-state index contributed by atoms with van der Waals surface area (Å²) >= 11 is 1.48. The highest BCUT2D eigenvalue weighted by Crippen LogP contribution is 2.30. The summed E-state index contributed by atoms with van der Waals surface area (Å²) in [6, 6.07) is 0. The fraction of sp³-hybridized carbons (Fsp3) is 0.571. The molecule has 0 N–H and O–H groups in total. The van der Waals surface area contributed by atoms with Crippen molar-refractivity contribution in [3.05, 3.63) is 27.6 Å². The van der Waals surface area contributed by atoms with Crippen molar-refractivity contribution in [1.29, 1.82) is 0 Å². The van der Waals surface area contributed by atoms with Gasteiger partial charge in [-0.25, -0.2) is 4.98 Å². The fourth-order valence-corrected chi connectivity index (χ4v) is 3.57. The van der Waals surface area contributed by atoms with Crippen LogP contribution in [0.15, 0.2) is 16.5 Å². The van der Waals surface area contributed by atoms with Crippen molar-refractivity contribution in [3.63, 3.8) is 0 Å². The predicted molar refractivity (Wildman–Crippen MR) is 76.8 cm³/mol. The lowest BCUT2D eigenvalue weighted by atomic mass is 10.1. The molecule has 1 aliphatic heterocycles. The molecule has 1 atom stereocenters. The first-order chi connectivity index (χ1) is 8.96. The summed E-state index contributed by atoms with van der Waals surface area (Å²) in [7, 11) is 0. The minimum atomic E-state index is -0.0642. The second-order valence-electron chi connectivity index (χ2n) is 5.84. The van der Waals surface area contributed by atoms with E-state index in [1.807, 2.05) is 12.3 Å². The second-order valence-corrected chi connectivity index (χ2v) is 6.72. The summed E-state index contributed by atoms with van der Waals surface area (Å²) in [5.41, 5.74) is 1.89. The normalized spacial score (nSPS) is 22.2. The van der Waals surface area contributed by atoms with Gasteiger partial charge in [0.15, 0.2) is 0 Å². The Labute approximate surface area is 116 Å². The molecule has 1 fully saturated rings. The topological polar surface area (TPSA) is 44.1 Å². The van der Waals surface area contributed by atoms with E-state index in [-0.39, 0.29) is 17.3 Å². The molecule has 1 unspecified atom stereocenters. The first kappa shape index (κ1) is 12.8. The number of aromatic nitrogens is 2. The Kier molecular flexibility index (Phi) is 2.98. The zero-order chi connectivity index (χ0) is 13.6. The van der Waals surface area contributed by atoms with Crippen LogP contribution < -0.4 is 5.56 Å². The van der Waals surface area contributed by atoms with Gasteiger partial charge in [0.1, 0.15) is 4.70 Å². The van der Waals surface area contributed by atoms with Gasteiger partial charge in [-0.1, -0.05) is 0 Å². The van der Waals surface area contributed by atoms with Gasteiger partial charge in [-0.3, -0.25) is 9.36 Å². The number of aryl methyl sites for hydroxylation is 1. The number of thiophene rings is 1. The van der Waals surface area contributed by atoms with Crippen LogP contribution in [0.2, 0.25) is 0 Å². The van der Waals surface area contributed by atoms with E-state index in [0.717, 1.165) is 28.6 Å². The summed E-state index contributed by atoms with van der Waals surface area (Å²) in [5, 5.41) is 1.98. The predicted octanol–water partition coefficient (Wildman–Crippen LogP) is 2.72. The van der Waals surface area contributed by atoms with Crippen LogP contribution in [0.5, 0.6) is 0 Å². The maximum Gasteiger partial charge on any atom is 0.271 e. The average molecular weight is 278 g/mol. The minimum absolute atomic E-state index is 0.0522. The van der Waals surface area contributed by atoms with Gasteiger partial charge in [0.25, 0.3) is 5.56 Å². The van der Waals surface area contributed by atoms with Gasteiger partial charge in [-0.05, 0) is 44.6 Å². The standard InChI is InChI=1S/C14H18N2O2S/c1-9-7-19-12-11(9)15-8-16(13(12)17)6-10-4-5-14(2,3)18-10/h7-8,10H,4-6H2,1-3H3. The Balaban J connectivity index is 1.90. The van der Waals surface area contributed by atoms with Gasteiger partial charge in [0, 0.05) is 0 Å². The van der Waals surface area contributed by atoms with Gasteiger partial charge in [0.05, 0.1) is 30.1 Å². The van der Waals surface area contributed by atoms with Crippen molar-refractivity contribution in [1.82, 2.24) is 9.55 Å². The molecule has 0 aliphatic carbocycles. The third-order valence-corrected chi connectivity index (χ3v) is 4.75. The smallest absolute Gasteiger partial charge is 0.271 e. The van der Waals surface area contributed by atoms with Crippen molar-refractivity contribution >= 4 is 21.6 Å². The molecule has 19 heavy (non-hydrogen) atoms. The quantitative estimate of drug-likeness (QED) is 0.848. The van der Waals surface area contributed by atoms with Crippen molar-refractivity contribution in [2.24, 2.45) is 0 Å². The molecule has 4 nitrogen and oxygen atoms in total. The van der Waals surface area contributed by atoms with E-state index in [2.05, 4.69) is 18.8 Å². The average Bonchev–Trinajstić information content (AvgIpc) is 2.87. The van der Waals surface area contributed by atoms with Crippen molar-refractivity contribution in [2.45, 2.75) is 51.9 Å². The molecule has 2 aromatic rings. The fourth-order valence-electron chi connectivity index (χ4n) is 2.62. The number of hydrogen-bond acceptors (Lipinski definition) is 4. The molecule has 0 bridgehead atoms. The van der Waals surface area contributed by atoms with E-state index in [1.165, 1.54) is 11.3 Å². The Morgan fingerprint density at radius 2 is 2.37 bits per heavy atom. The van der Waals surface area contributed by atoms with E-state index in [0.29, 0.717) is 6.54 Å². The van der Waals surface area contributed by atoms with Crippen LogP contribution in [-0.4, -0.2) is 21.3 Å². The first-order valence-corrected chi connectivity index (χ1v) is 7.45. The molecule has 5 heteroatoms. The molecule has 3 heterocycles. The van der Waals surface area contributed by atoms with Crippen LogP contribution in [0.1, 0.15) is 32.3 Å². The molecule has 0 spiro atoms. The first-order valence-electron chi connectivity index (χ1n) is 6.57. The summed E-state index contributed by atoms with van der Waals surface area (Å²) in [6.45, 7) is 6.78. The van der Waals surface area contributed by atoms with Gasteiger partial charge >= 0.3 is 0 Å². The Morgan fingerprint density at radius 3 is 3.05 bits per heavy atom. The molecule has 102 valence electrons. The van der Waals surface area contributed by atoms with Crippen LogP contribution in [0, 0.1) is 6.92 Å². The summed E-state index contributed by atoms with van der Waals surface area (Å²) in [4.78, 5) is 16.8.